The van der Waals surface area contributed by atoms with Gasteiger partial charge in [0, 0.05) is 11.8 Å². The molecule has 0 radical (unpaired) electrons. The van der Waals surface area contributed by atoms with Crippen molar-refractivity contribution in [1.29, 1.82) is 0 Å². The van der Waals surface area contributed by atoms with E-state index in [1.807, 2.05) is 0 Å². The van der Waals surface area contributed by atoms with E-state index in [-0.39, 0.29) is 17.2 Å². The standard InChI is InChI=1S/C16H12ClF3N4O3/c1-7-11-13(24-27-14(11)21-8(2)12(7)17)23-15(25)22-9-4-3-5-10(6-9)26-16(18,19)20/h3-6H,1-2H3,(H2,22,23,24,25). The molecule has 0 saturated carbocycles. The van der Waals surface area contributed by atoms with E-state index in [0.717, 1.165) is 12.1 Å². The van der Waals surface area contributed by atoms with Gasteiger partial charge in [0.15, 0.2) is 5.82 Å². The van der Waals surface area contributed by atoms with Crippen LogP contribution in [0.4, 0.5) is 29.5 Å². The van der Waals surface area contributed by atoms with Gasteiger partial charge < -0.3 is 14.6 Å². The number of nitrogens with zero attached hydrogens (tertiary/aromatic N) is 2. The number of pyridine rings is 1. The fraction of sp³-hybridized carbons (Fsp3) is 0.188. The van der Waals surface area contributed by atoms with Crippen molar-refractivity contribution in [3.8, 4) is 5.75 Å². The van der Waals surface area contributed by atoms with Crippen LogP contribution in [0.25, 0.3) is 11.1 Å². The number of carbonyl (C=O) groups is 1. The lowest BCUT2D eigenvalue weighted by Gasteiger charge is -2.11. The van der Waals surface area contributed by atoms with Gasteiger partial charge in [0.2, 0.25) is 0 Å². The first-order valence-electron chi connectivity index (χ1n) is 7.50. The van der Waals surface area contributed by atoms with Gasteiger partial charge in [-0.1, -0.05) is 22.8 Å². The summed E-state index contributed by atoms with van der Waals surface area (Å²) < 4.78 is 45.7. The Morgan fingerprint density at radius 3 is 2.70 bits per heavy atom. The van der Waals surface area contributed by atoms with Crippen LogP contribution in [0.2, 0.25) is 5.02 Å². The third-order valence-corrected chi connectivity index (χ3v) is 4.08. The Bertz CT molecular complexity index is 1020. The van der Waals surface area contributed by atoms with Crippen molar-refractivity contribution in [3.05, 3.63) is 40.5 Å². The van der Waals surface area contributed by atoms with Gasteiger partial charge in [-0.15, -0.1) is 13.2 Å². The molecule has 142 valence electrons. The van der Waals surface area contributed by atoms with Crippen LogP contribution in [0.1, 0.15) is 11.3 Å². The number of nitrogens with one attached hydrogen (secondary N) is 2. The lowest BCUT2D eigenvalue weighted by molar-refractivity contribution is -0.274. The Kier molecular flexibility index (Phi) is 4.83. The van der Waals surface area contributed by atoms with Crippen molar-refractivity contribution in [2.24, 2.45) is 0 Å². The van der Waals surface area contributed by atoms with Crippen LogP contribution in [-0.2, 0) is 0 Å². The van der Waals surface area contributed by atoms with Gasteiger partial charge in [-0.25, -0.2) is 9.78 Å². The number of fused-ring (bicyclic) bond motifs is 1. The van der Waals surface area contributed by atoms with E-state index in [0.29, 0.717) is 21.7 Å². The topological polar surface area (TPSA) is 89.3 Å². The molecule has 11 heteroatoms. The molecule has 0 aliphatic rings. The third kappa shape index (κ3) is 4.22. The normalized spacial score (nSPS) is 11.5. The fourth-order valence-electron chi connectivity index (χ4n) is 2.40. The van der Waals surface area contributed by atoms with Crippen LogP contribution in [0, 0.1) is 13.8 Å². The largest absolute Gasteiger partial charge is 0.573 e. The third-order valence-electron chi connectivity index (χ3n) is 3.52. The van der Waals surface area contributed by atoms with E-state index in [9.17, 15) is 18.0 Å². The molecule has 2 aromatic heterocycles. The Hall–Kier alpha value is -3.01. The van der Waals surface area contributed by atoms with Crippen LogP contribution in [-0.4, -0.2) is 22.5 Å². The quantitative estimate of drug-likeness (QED) is 0.643. The van der Waals surface area contributed by atoms with Crippen LogP contribution in [0.15, 0.2) is 28.8 Å². The monoisotopic (exact) mass is 400 g/mol. The molecule has 0 atom stereocenters. The van der Waals surface area contributed by atoms with E-state index in [1.54, 1.807) is 13.8 Å². The summed E-state index contributed by atoms with van der Waals surface area (Å²) in [6, 6.07) is 4.10. The average molecular weight is 401 g/mol. The van der Waals surface area contributed by atoms with Gasteiger partial charge in [0.25, 0.3) is 5.71 Å². The van der Waals surface area contributed by atoms with E-state index < -0.39 is 18.1 Å². The minimum atomic E-state index is -4.83. The number of amides is 2. The highest BCUT2D eigenvalue weighted by Crippen LogP contribution is 2.31. The number of alkyl halides is 3. The minimum absolute atomic E-state index is 0.0806. The smallest absolute Gasteiger partial charge is 0.406 e. The van der Waals surface area contributed by atoms with Gasteiger partial charge in [-0.3, -0.25) is 5.32 Å². The zero-order chi connectivity index (χ0) is 19.8. The van der Waals surface area contributed by atoms with E-state index in [2.05, 4.69) is 25.5 Å². The fourth-order valence-corrected chi connectivity index (χ4v) is 2.54. The van der Waals surface area contributed by atoms with Crippen molar-refractivity contribution >= 4 is 40.2 Å². The number of ether oxygens (including phenoxy) is 1. The van der Waals surface area contributed by atoms with Crippen LogP contribution < -0.4 is 15.4 Å². The Balaban J connectivity index is 1.78. The molecule has 3 rings (SSSR count). The van der Waals surface area contributed by atoms with E-state index in [4.69, 9.17) is 16.1 Å². The first kappa shape index (κ1) is 18.8. The molecule has 7 nitrogen and oxygen atoms in total. The number of anilines is 2. The van der Waals surface area contributed by atoms with Gasteiger partial charge >= 0.3 is 12.4 Å². The molecule has 2 heterocycles. The van der Waals surface area contributed by atoms with Crippen LogP contribution >= 0.6 is 11.6 Å². The van der Waals surface area contributed by atoms with Crippen molar-refractivity contribution in [1.82, 2.24) is 10.1 Å². The summed E-state index contributed by atoms with van der Waals surface area (Å²) >= 11 is 6.16. The predicted molar refractivity (Wildman–Crippen MR) is 92.1 cm³/mol. The molecule has 0 spiro atoms. The maximum Gasteiger partial charge on any atom is 0.573 e. The lowest BCUT2D eigenvalue weighted by atomic mass is 10.2. The summed E-state index contributed by atoms with van der Waals surface area (Å²) in [5.41, 5.74) is 1.46. The summed E-state index contributed by atoms with van der Waals surface area (Å²) in [6.07, 6.45) is -4.83. The summed E-state index contributed by atoms with van der Waals surface area (Å²) in [5.74, 6) is -0.383. The number of aromatic nitrogens is 2. The van der Waals surface area contributed by atoms with E-state index >= 15 is 0 Å². The number of rotatable bonds is 3. The van der Waals surface area contributed by atoms with Crippen LogP contribution in [0.3, 0.4) is 0 Å². The highest BCUT2D eigenvalue weighted by atomic mass is 35.5. The number of hydrogen-bond acceptors (Lipinski definition) is 5. The van der Waals surface area contributed by atoms with Gasteiger partial charge in [-0.2, -0.15) is 0 Å². The van der Waals surface area contributed by atoms with Gasteiger partial charge in [-0.05, 0) is 31.5 Å². The Labute approximate surface area is 155 Å². The summed E-state index contributed by atoms with van der Waals surface area (Å²) in [4.78, 5) is 16.3. The SMILES string of the molecule is Cc1nc2onc(NC(=O)Nc3cccc(OC(F)(F)F)c3)c2c(C)c1Cl. The molecule has 0 fully saturated rings. The lowest BCUT2D eigenvalue weighted by Crippen LogP contribution is -2.20. The molecule has 2 amide bonds. The molecule has 0 aliphatic carbocycles. The Morgan fingerprint density at radius 1 is 1.26 bits per heavy atom. The molecule has 0 bridgehead atoms. The Morgan fingerprint density at radius 2 is 2.00 bits per heavy atom. The minimum Gasteiger partial charge on any atom is -0.406 e. The van der Waals surface area contributed by atoms with Crippen molar-refractivity contribution in [3.63, 3.8) is 0 Å². The number of halogens is 4. The second-order valence-electron chi connectivity index (χ2n) is 5.50. The highest BCUT2D eigenvalue weighted by Gasteiger charge is 2.31. The number of benzene rings is 1. The molecule has 0 aliphatic heterocycles. The molecule has 2 N–H and O–H groups in total. The predicted octanol–water partition coefficient (Wildman–Crippen LogP) is 5.04. The van der Waals surface area contributed by atoms with E-state index in [1.165, 1.54) is 12.1 Å². The number of aryl methyl sites for hydroxylation is 2. The second kappa shape index (κ2) is 6.95. The van der Waals surface area contributed by atoms with Crippen molar-refractivity contribution in [2.45, 2.75) is 20.2 Å². The number of hydrogen-bond donors (Lipinski definition) is 2. The second-order valence-corrected chi connectivity index (χ2v) is 5.88. The first-order chi connectivity index (χ1) is 12.6. The molecule has 1 aromatic carbocycles. The molecule has 27 heavy (non-hydrogen) atoms. The molecular formula is C16H12ClF3N4O3. The first-order valence-corrected chi connectivity index (χ1v) is 7.88. The maximum absolute atomic E-state index is 12.3. The zero-order valence-corrected chi connectivity index (χ0v) is 14.7. The maximum atomic E-state index is 12.3. The number of urea groups is 1. The van der Waals surface area contributed by atoms with Gasteiger partial charge in [0.1, 0.15) is 5.75 Å². The molecule has 3 aromatic rings. The molecular weight excluding hydrogens is 389 g/mol. The van der Waals surface area contributed by atoms with Crippen molar-refractivity contribution < 1.29 is 27.2 Å². The highest BCUT2D eigenvalue weighted by molar-refractivity contribution is 6.33. The van der Waals surface area contributed by atoms with Crippen LogP contribution in [0.5, 0.6) is 5.75 Å². The summed E-state index contributed by atoms with van der Waals surface area (Å²) in [5, 5.41) is 9.41. The number of carbonyl (C=O) groups excluding carboxylic acids is 1. The van der Waals surface area contributed by atoms with Crippen molar-refractivity contribution in [2.75, 3.05) is 10.6 Å². The molecule has 0 unspecified atom stereocenters. The molecule has 0 saturated heterocycles. The zero-order valence-electron chi connectivity index (χ0n) is 13.9. The van der Waals surface area contributed by atoms with Gasteiger partial charge in [0.05, 0.1) is 16.1 Å². The average Bonchev–Trinajstić information content (AvgIpc) is 2.93. The summed E-state index contributed by atoms with van der Waals surface area (Å²) in [6.45, 7) is 3.42. The summed E-state index contributed by atoms with van der Waals surface area (Å²) in [7, 11) is 0.